The van der Waals surface area contributed by atoms with Crippen LogP contribution < -0.4 is 10.6 Å². The van der Waals surface area contributed by atoms with Crippen LogP contribution in [0.2, 0.25) is 10.0 Å². The van der Waals surface area contributed by atoms with Gasteiger partial charge in [-0.2, -0.15) is 0 Å². The van der Waals surface area contributed by atoms with Crippen molar-refractivity contribution < 1.29 is 14.4 Å². The summed E-state index contributed by atoms with van der Waals surface area (Å²) in [4.78, 5) is 39.9. The van der Waals surface area contributed by atoms with Gasteiger partial charge in [0.1, 0.15) is 0 Å². The van der Waals surface area contributed by atoms with Crippen LogP contribution in [0.4, 0.5) is 17.1 Å². The van der Waals surface area contributed by atoms with Crippen LogP contribution in [0.15, 0.2) is 84.9 Å². The first-order valence-corrected chi connectivity index (χ1v) is 11.1. The lowest BCUT2D eigenvalue weighted by molar-refractivity contribution is 0.0979. The van der Waals surface area contributed by atoms with Gasteiger partial charge < -0.3 is 10.6 Å². The molecule has 2 N–H and O–H groups in total. The molecular formula is C27H16Cl2N2O3. The summed E-state index contributed by atoms with van der Waals surface area (Å²) < 4.78 is 0. The van der Waals surface area contributed by atoms with E-state index in [9.17, 15) is 14.4 Å². The Balaban J connectivity index is 1.65. The van der Waals surface area contributed by atoms with Gasteiger partial charge in [-0.15, -0.1) is 0 Å². The van der Waals surface area contributed by atoms with Crippen molar-refractivity contribution in [2.24, 2.45) is 0 Å². The summed E-state index contributed by atoms with van der Waals surface area (Å²) in [6.45, 7) is 0. The highest BCUT2D eigenvalue weighted by molar-refractivity contribution is 6.36. The van der Waals surface area contributed by atoms with Crippen LogP contribution >= 0.6 is 23.2 Å². The highest BCUT2D eigenvalue weighted by Gasteiger charge is 2.34. The van der Waals surface area contributed by atoms with Crippen molar-refractivity contribution in [3.63, 3.8) is 0 Å². The fourth-order valence-electron chi connectivity index (χ4n) is 3.95. The number of hydrogen-bond donors (Lipinski definition) is 2. The minimum absolute atomic E-state index is 0.121. The maximum absolute atomic E-state index is 13.6. The van der Waals surface area contributed by atoms with Gasteiger partial charge >= 0.3 is 0 Å². The molecule has 5 rings (SSSR count). The maximum atomic E-state index is 13.6. The Morgan fingerprint density at radius 3 is 1.91 bits per heavy atom. The van der Waals surface area contributed by atoms with Gasteiger partial charge in [0, 0.05) is 21.7 Å². The van der Waals surface area contributed by atoms with Crippen LogP contribution in [-0.2, 0) is 0 Å². The van der Waals surface area contributed by atoms with E-state index in [-0.39, 0.29) is 39.9 Å². The number of fused-ring (bicyclic) bond motifs is 2. The van der Waals surface area contributed by atoms with Gasteiger partial charge in [0.05, 0.1) is 33.2 Å². The standard InChI is InChI=1S/C27H16Cl2N2O3/c28-16-10-11-19(29)22(14-16)30-20-12-13-21(31-27(34)15-6-2-1-3-7-15)24-23(20)25(32)17-8-4-5-9-18(17)26(24)33/h1-14,30H,(H,31,34). The number of carbonyl (C=O) groups is 3. The molecule has 0 saturated heterocycles. The topological polar surface area (TPSA) is 75.3 Å². The molecule has 1 aliphatic rings. The fraction of sp³-hybridized carbons (Fsp3) is 0. The molecule has 0 unspecified atom stereocenters. The summed E-state index contributed by atoms with van der Waals surface area (Å²) in [7, 11) is 0. The molecule has 0 aromatic heterocycles. The molecule has 0 atom stereocenters. The fourth-order valence-corrected chi connectivity index (χ4v) is 4.29. The first-order chi connectivity index (χ1) is 16.4. The molecule has 0 heterocycles. The second kappa shape index (κ2) is 8.78. The average molecular weight is 487 g/mol. The predicted molar refractivity (Wildman–Crippen MR) is 134 cm³/mol. The number of ketones is 2. The number of rotatable bonds is 4. The van der Waals surface area contributed by atoms with Gasteiger partial charge in [-0.25, -0.2) is 0 Å². The number of halogens is 2. The highest BCUT2D eigenvalue weighted by Crippen LogP contribution is 2.39. The Morgan fingerprint density at radius 2 is 1.24 bits per heavy atom. The molecule has 0 fully saturated rings. The zero-order valence-corrected chi connectivity index (χ0v) is 19.1. The molecule has 0 radical (unpaired) electrons. The molecular weight excluding hydrogens is 471 g/mol. The summed E-state index contributed by atoms with van der Waals surface area (Å²) in [5, 5.41) is 6.78. The Labute approximate surface area is 205 Å². The summed E-state index contributed by atoms with van der Waals surface area (Å²) >= 11 is 12.4. The van der Waals surface area contributed by atoms with Gasteiger partial charge in [-0.3, -0.25) is 14.4 Å². The minimum Gasteiger partial charge on any atom is -0.354 e. The molecule has 34 heavy (non-hydrogen) atoms. The van der Waals surface area contributed by atoms with Crippen LogP contribution in [0.5, 0.6) is 0 Å². The summed E-state index contributed by atoms with van der Waals surface area (Å²) in [5.74, 6) is -1.07. The molecule has 7 heteroatoms. The lowest BCUT2D eigenvalue weighted by Crippen LogP contribution is -2.25. The van der Waals surface area contributed by atoms with Gasteiger partial charge in [-0.05, 0) is 42.5 Å². The van der Waals surface area contributed by atoms with Crippen LogP contribution in [0.25, 0.3) is 0 Å². The Kier molecular flexibility index (Phi) is 5.65. The third kappa shape index (κ3) is 3.85. The van der Waals surface area contributed by atoms with E-state index in [1.165, 1.54) is 0 Å². The maximum Gasteiger partial charge on any atom is 0.255 e. The summed E-state index contributed by atoms with van der Waals surface area (Å²) in [5.41, 5.74) is 2.40. The molecule has 4 aromatic carbocycles. The van der Waals surface area contributed by atoms with Crippen molar-refractivity contribution in [1.82, 2.24) is 0 Å². The lowest BCUT2D eigenvalue weighted by Gasteiger charge is -2.24. The second-order valence-corrected chi connectivity index (χ2v) is 8.53. The van der Waals surface area contributed by atoms with Crippen molar-refractivity contribution in [3.8, 4) is 0 Å². The average Bonchev–Trinajstić information content (AvgIpc) is 2.86. The zero-order valence-electron chi connectivity index (χ0n) is 17.6. The normalized spacial score (nSPS) is 12.1. The number of anilines is 3. The van der Waals surface area contributed by atoms with Crippen molar-refractivity contribution in [1.29, 1.82) is 0 Å². The Hall–Kier alpha value is -3.93. The third-order valence-electron chi connectivity index (χ3n) is 5.56. The SMILES string of the molecule is O=C(Nc1ccc(Nc2cc(Cl)ccc2Cl)c2c1C(=O)c1ccccc1C2=O)c1ccccc1. The molecule has 0 saturated carbocycles. The second-order valence-electron chi connectivity index (χ2n) is 7.68. The van der Waals surface area contributed by atoms with Gasteiger partial charge in [0.15, 0.2) is 11.6 Å². The number of carbonyl (C=O) groups excluding carboxylic acids is 3. The molecule has 0 spiro atoms. The molecule has 0 bridgehead atoms. The number of benzene rings is 4. The molecule has 5 nitrogen and oxygen atoms in total. The molecule has 1 amide bonds. The quantitative estimate of drug-likeness (QED) is 0.294. The molecule has 4 aromatic rings. The Morgan fingerprint density at radius 1 is 0.647 bits per heavy atom. The van der Waals surface area contributed by atoms with Crippen molar-refractivity contribution >= 4 is 57.7 Å². The van der Waals surface area contributed by atoms with Crippen molar-refractivity contribution in [2.75, 3.05) is 10.6 Å². The van der Waals surface area contributed by atoms with Crippen LogP contribution in [-0.4, -0.2) is 17.5 Å². The van der Waals surface area contributed by atoms with Crippen LogP contribution in [0.1, 0.15) is 42.2 Å². The van der Waals surface area contributed by atoms with E-state index in [1.807, 2.05) is 0 Å². The monoisotopic (exact) mass is 486 g/mol. The van der Waals surface area contributed by atoms with E-state index < -0.39 is 0 Å². The summed E-state index contributed by atoms with van der Waals surface area (Å²) in [6.07, 6.45) is 0. The smallest absolute Gasteiger partial charge is 0.255 e. The van der Waals surface area contributed by atoms with Gasteiger partial charge in [-0.1, -0.05) is 65.7 Å². The van der Waals surface area contributed by atoms with E-state index >= 15 is 0 Å². The van der Waals surface area contributed by atoms with E-state index in [0.29, 0.717) is 32.5 Å². The van der Waals surface area contributed by atoms with E-state index in [2.05, 4.69) is 10.6 Å². The molecule has 166 valence electrons. The highest BCUT2D eigenvalue weighted by atomic mass is 35.5. The first-order valence-electron chi connectivity index (χ1n) is 10.4. The van der Waals surface area contributed by atoms with Crippen molar-refractivity contribution in [3.05, 3.63) is 123 Å². The largest absolute Gasteiger partial charge is 0.354 e. The lowest BCUT2D eigenvalue weighted by atomic mass is 9.82. The van der Waals surface area contributed by atoms with Crippen molar-refractivity contribution in [2.45, 2.75) is 0 Å². The Bertz CT molecular complexity index is 1480. The number of hydrogen-bond acceptors (Lipinski definition) is 4. The van der Waals surface area contributed by atoms with E-state index in [1.54, 1.807) is 84.9 Å². The van der Waals surface area contributed by atoms with Crippen LogP contribution in [0.3, 0.4) is 0 Å². The van der Waals surface area contributed by atoms with Gasteiger partial charge in [0.2, 0.25) is 0 Å². The van der Waals surface area contributed by atoms with Crippen LogP contribution in [0, 0.1) is 0 Å². The van der Waals surface area contributed by atoms with Gasteiger partial charge in [0.25, 0.3) is 5.91 Å². The van der Waals surface area contributed by atoms with E-state index in [0.717, 1.165) is 0 Å². The third-order valence-corrected chi connectivity index (χ3v) is 6.12. The first kappa shape index (κ1) is 21.9. The predicted octanol–water partition coefficient (Wildman–Crippen LogP) is 6.76. The number of nitrogens with one attached hydrogen (secondary N) is 2. The molecule has 1 aliphatic carbocycles. The minimum atomic E-state index is -0.388. The zero-order chi connectivity index (χ0) is 23.8. The number of amides is 1. The van der Waals surface area contributed by atoms with E-state index in [4.69, 9.17) is 23.2 Å². The molecule has 0 aliphatic heterocycles. The summed E-state index contributed by atoms with van der Waals surface area (Å²) in [6, 6.07) is 23.4.